The maximum Gasteiger partial charge on any atom is 0.345 e. The van der Waals surface area contributed by atoms with Crippen molar-refractivity contribution in [2.24, 2.45) is 0 Å². The van der Waals surface area contributed by atoms with Crippen LogP contribution in [-0.2, 0) is 37.5 Å². The van der Waals surface area contributed by atoms with Crippen LogP contribution in [-0.4, -0.2) is 0 Å². The Morgan fingerprint density at radius 3 is 1.36 bits per heavy atom. The van der Waals surface area contributed by atoms with E-state index in [1.165, 1.54) is 47.9 Å². The first-order valence-corrected chi connectivity index (χ1v) is 16.7. The molecule has 2 aromatic rings. The Labute approximate surface area is 213 Å². The van der Waals surface area contributed by atoms with Gasteiger partial charge in [0.25, 0.3) is 0 Å². The van der Waals surface area contributed by atoms with Gasteiger partial charge in [-0.1, -0.05) is 89.9 Å². The second-order valence-electron chi connectivity index (χ2n) is 8.95. The van der Waals surface area contributed by atoms with Crippen LogP contribution in [0.4, 0.5) is 0 Å². The van der Waals surface area contributed by atoms with Crippen LogP contribution in [0.5, 0.6) is 11.5 Å². The summed E-state index contributed by atoms with van der Waals surface area (Å²) in [5.74, 6) is 1.66. The Morgan fingerprint density at radius 2 is 1.00 bits per heavy atom. The maximum atomic E-state index is 6.32. The number of unbranched alkanes of at least 4 members (excludes halogenated alkanes) is 4. The van der Waals surface area contributed by atoms with Crippen molar-refractivity contribution in [2.75, 3.05) is 0 Å². The molecule has 2 nitrogen and oxygen atoms in total. The minimum absolute atomic E-state index is 0.830. The first-order valence-electron chi connectivity index (χ1n) is 12.9. The fourth-order valence-corrected chi connectivity index (χ4v) is 5.81. The summed E-state index contributed by atoms with van der Waals surface area (Å²) in [6.45, 7) is 8.90. The molecule has 0 N–H and O–H groups in total. The van der Waals surface area contributed by atoms with Gasteiger partial charge < -0.3 is 9.05 Å². The van der Waals surface area contributed by atoms with Crippen LogP contribution >= 0.6 is 17.9 Å². The van der Waals surface area contributed by atoms with Crippen molar-refractivity contribution in [3.8, 4) is 11.5 Å². The molecule has 0 aromatic heterocycles. The third kappa shape index (κ3) is 10.0. The van der Waals surface area contributed by atoms with Gasteiger partial charge in [0.2, 0.25) is 0 Å². The van der Waals surface area contributed by atoms with E-state index in [1.54, 1.807) is 0 Å². The van der Waals surface area contributed by atoms with E-state index in [4.69, 9.17) is 33.1 Å². The minimum atomic E-state index is -2.80. The first-order chi connectivity index (χ1) is 15.9. The molecule has 33 heavy (non-hydrogen) atoms. The van der Waals surface area contributed by atoms with Crippen LogP contribution in [0.3, 0.4) is 0 Å². The number of benzene rings is 2. The van der Waals surface area contributed by atoms with Gasteiger partial charge in [-0.05, 0) is 97.6 Å². The molecule has 0 atom stereocenters. The van der Waals surface area contributed by atoms with Gasteiger partial charge in [-0.15, -0.1) is 0 Å². The molecule has 0 heterocycles. The van der Waals surface area contributed by atoms with Crippen molar-refractivity contribution in [1.29, 1.82) is 0 Å². The molecule has 0 fully saturated rings. The van der Waals surface area contributed by atoms with E-state index < -0.39 is 5.69 Å². The number of rotatable bonds is 16. The van der Waals surface area contributed by atoms with Crippen LogP contribution in [0.25, 0.3) is 0 Å². The van der Waals surface area contributed by atoms with Crippen molar-refractivity contribution in [1.82, 2.24) is 0 Å². The lowest BCUT2D eigenvalue weighted by Crippen LogP contribution is -2.02. The highest BCUT2D eigenvalue weighted by molar-refractivity contribution is 8.60. The van der Waals surface area contributed by atoms with E-state index in [2.05, 4.69) is 64.1 Å². The Morgan fingerprint density at radius 1 is 0.636 bits per heavy atom. The second-order valence-corrected chi connectivity index (χ2v) is 14.1. The van der Waals surface area contributed by atoms with Crippen LogP contribution in [0.1, 0.15) is 101 Å². The van der Waals surface area contributed by atoms with Crippen LogP contribution in [0, 0.1) is 0 Å². The molecule has 0 aliphatic rings. The van der Waals surface area contributed by atoms with Gasteiger partial charge in [0.15, 0.2) is 0 Å². The summed E-state index contributed by atoms with van der Waals surface area (Å²) in [7, 11) is 0. The van der Waals surface area contributed by atoms with Crippen molar-refractivity contribution in [3.05, 3.63) is 58.7 Å². The van der Waals surface area contributed by atoms with E-state index in [-0.39, 0.29) is 0 Å². The van der Waals surface area contributed by atoms with Crippen LogP contribution in [0.15, 0.2) is 36.4 Å². The molecular formula is C28H43O2PS2. The summed E-state index contributed by atoms with van der Waals surface area (Å²) in [6.07, 6.45) is 13.5. The summed E-state index contributed by atoms with van der Waals surface area (Å²) in [5.41, 5.74) is 2.38. The largest absolute Gasteiger partial charge is 0.428 e. The number of thiol groups is 1. The van der Waals surface area contributed by atoms with Crippen LogP contribution in [0.2, 0.25) is 0 Å². The summed E-state index contributed by atoms with van der Waals surface area (Å²) in [5, 5.41) is 0. The summed E-state index contributed by atoms with van der Waals surface area (Å²) in [4.78, 5) is 0. The zero-order chi connectivity index (χ0) is 24.1. The molecule has 0 saturated carbocycles. The number of aryl methyl sites for hydroxylation is 4. The highest BCUT2D eigenvalue weighted by atomic mass is 32.9. The molecule has 0 bridgehead atoms. The predicted octanol–water partition coefficient (Wildman–Crippen LogP) is 9.67. The van der Waals surface area contributed by atoms with Crippen LogP contribution < -0.4 is 9.05 Å². The third-order valence-corrected chi connectivity index (χ3v) is 7.71. The second kappa shape index (κ2) is 15.1. The molecule has 5 heteroatoms. The lowest BCUT2D eigenvalue weighted by atomic mass is 10.0. The molecule has 0 unspecified atom stereocenters. The van der Waals surface area contributed by atoms with Crippen molar-refractivity contribution in [2.45, 2.75) is 105 Å². The fraction of sp³-hybridized carbons (Fsp3) is 0.571. The molecule has 0 amide bonds. The predicted molar refractivity (Wildman–Crippen MR) is 152 cm³/mol. The molecule has 0 aliphatic heterocycles. The monoisotopic (exact) mass is 506 g/mol. The Kier molecular flexibility index (Phi) is 13.0. The van der Waals surface area contributed by atoms with E-state index >= 15 is 0 Å². The van der Waals surface area contributed by atoms with E-state index in [1.807, 2.05) is 0 Å². The van der Waals surface area contributed by atoms with Gasteiger partial charge in [-0.3, -0.25) is 0 Å². The third-order valence-electron chi connectivity index (χ3n) is 5.91. The van der Waals surface area contributed by atoms with E-state index in [0.29, 0.717) is 0 Å². The average Bonchev–Trinajstić information content (AvgIpc) is 2.80. The van der Waals surface area contributed by atoms with Crippen molar-refractivity contribution in [3.63, 3.8) is 0 Å². The molecule has 0 radical (unpaired) electrons. The Hall–Kier alpha value is -0.960. The molecule has 0 saturated heterocycles. The summed E-state index contributed by atoms with van der Waals surface area (Å²) < 4.78 is 12.6. The van der Waals surface area contributed by atoms with E-state index in [0.717, 1.165) is 62.9 Å². The topological polar surface area (TPSA) is 18.5 Å². The minimum Gasteiger partial charge on any atom is -0.428 e. The molecule has 0 aliphatic carbocycles. The zero-order valence-electron chi connectivity index (χ0n) is 21.1. The molecule has 2 rings (SSSR count). The van der Waals surface area contributed by atoms with Gasteiger partial charge in [0.05, 0.1) is 0 Å². The fourth-order valence-electron chi connectivity index (χ4n) is 3.91. The maximum absolute atomic E-state index is 6.32. The molecule has 184 valence electrons. The lowest BCUT2D eigenvalue weighted by Gasteiger charge is -2.23. The number of hydrogen-bond acceptors (Lipinski definition) is 3. The molecule has 0 spiro atoms. The van der Waals surface area contributed by atoms with Crippen molar-refractivity contribution < 1.29 is 9.05 Å². The van der Waals surface area contributed by atoms with Crippen molar-refractivity contribution >= 4 is 29.7 Å². The first kappa shape index (κ1) is 28.3. The Balaban J connectivity index is 2.23. The standard InChI is InChI=1S/C28H43O2PS2/c1-5-9-13-23-17-19-27(25(21-23)15-11-7-3)29-31(32,33)30-28-20-18-24(14-10-6-2)22-26(28)16-12-8-4/h17-22H,5-16H2,1-4H3,(H,32,33). The highest BCUT2D eigenvalue weighted by Crippen LogP contribution is 2.54. The Bertz CT molecular complexity index is 828. The van der Waals surface area contributed by atoms with Gasteiger partial charge in [-0.2, -0.15) is 0 Å². The quantitative estimate of drug-likeness (QED) is 0.181. The SMILES string of the molecule is CCCCc1ccc(OP(=S)(S)Oc2ccc(CCCC)cc2CCCC)c(CCCC)c1. The summed E-state index contributed by atoms with van der Waals surface area (Å²) in [6, 6.07) is 13.1. The lowest BCUT2D eigenvalue weighted by molar-refractivity contribution is 0.497. The van der Waals surface area contributed by atoms with Gasteiger partial charge >= 0.3 is 5.69 Å². The average molecular weight is 507 g/mol. The smallest absolute Gasteiger partial charge is 0.345 e. The zero-order valence-corrected chi connectivity index (χ0v) is 23.7. The number of hydrogen-bond donors (Lipinski definition) is 1. The normalized spacial score (nSPS) is 11.5. The van der Waals surface area contributed by atoms with Gasteiger partial charge in [0.1, 0.15) is 11.5 Å². The van der Waals surface area contributed by atoms with E-state index in [9.17, 15) is 0 Å². The van der Waals surface area contributed by atoms with Gasteiger partial charge in [-0.25, -0.2) is 0 Å². The van der Waals surface area contributed by atoms with Gasteiger partial charge in [0, 0.05) is 0 Å². The highest BCUT2D eigenvalue weighted by Gasteiger charge is 2.21. The summed E-state index contributed by atoms with van der Waals surface area (Å²) >= 11 is 10.5. The molecular weight excluding hydrogens is 463 g/mol. The molecule has 2 aromatic carbocycles.